The molecule has 0 bridgehead atoms. The lowest BCUT2D eigenvalue weighted by atomic mass is 9.75. The van der Waals surface area contributed by atoms with Gasteiger partial charge in [0.1, 0.15) is 13.2 Å². The maximum atomic E-state index is 13.0. The number of nitrogens with one attached hydrogen (secondary N) is 1. The summed E-state index contributed by atoms with van der Waals surface area (Å²) in [6, 6.07) is 11.2. The Morgan fingerprint density at radius 1 is 0.906 bits per heavy atom. The molecule has 2 fully saturated rings. The second-order valence-electron chi connectivity index (χ2n) is 8.83. The van der Waals surface area contributed by atoms with Crippen LogP contribution in [0.3, 0.4) is 0 Å². The van der Waals surface area contributed by atoms with Crippen LogP contribution in [0, 0.1) is 11.8 Å². The van der Waals surface area contributed by atoms with Crippen LogP contribution in [0.25, 0.3) is 0 Å². The van der Waals surface area contributed by atoms with Gasteiger partial charge in [0.05, 0.1) is 4.90 Å². The van der Waals surface area contributed by atoms with E-state index < -0.39 is 10.0 Å². The maximum Gasteiger partial charge on any atom is 0.262 e. The number of anilines is 1. The lowest BCUT2D eigenvalue weighted by molar-refractivity contribution is 0.0521. The number of fused-ring (bicyclic) bond motifs is 2. The summed E-state index contributed by atoms with van der Waals surface area (Å²) in [7, 11) is -3.79. The number of hydrogen-bond acceptors (Lipinski definition) is 5. The zero-order valence-corrected chi connectivity index (χ0v) is 18.8. The number of nitrogens with zero attached hydrogens (tertiary/aromatic N) is 1. The monoisotopic (exact) mass is 456 g/mol. The molecule has 32 heavy (non-hydrogen) atoms. The predicted molar refractivity (Wildman–Crippen MR) is 121 cm³/mol. The van der Waals surface area contributed by atoms with Gasteiger partial charge in [-0.05, 0) is 61.1 Å². The molecule has 170 valence electrons. The quantitative estimate of drug-likeness (QED) is 0.754. The minimum absolute atomic E-state index is 0.0234. The van der Waals surface area contributed by atoms with Crippen molar-refractivity contribution in [2.75, 3.05) is 31.0 Å². The molecule has 2 aromatic carbocycles. The number of benzene rings is 2. The third-order valence-corrected chi connectivity index (χ3v) is 8.17. The van der Waals surface area contributed by atoms with E-state index in [2.05, 4.69) is 4.72 Å². The fourth-order valence-electron chi connectivity index (χ4n) is 5.05. The zero-order chi connectivity index (χ0) is 22.1. The van der Waals surface area contributed by atoms with E-state index in [-0.39, 0.29) is 10.8 Å². The van der Waals surface area contributed by atoms with Gasteiger partial charge in [0.25, 0.3) is 15.9 Å². The Kier molecular flexibility index (Phi) is 5.71. The number of rotatable bonds is 4. The number of hydrogen-bond donors (Lipinski definition) is 1. The molecule has 1 saturated carbocycles. The van der Waals surface area contributed by atoms with Gasteiger partial charge in [0.2, 0.25) is 0 Å². The Bertz CT molecular complexity index is 1100. The topological polar surface area (TPSA) is 84.9 Å². The Morgan fingerprint density at radius 2 is 1.62 bits per heavy atom. The Hall–Kier alpha value is -2.74. The first-order chi connectivity index (χ1) is 15.5. The highest BCUT2D eigenvalue weighted by Gasteiger charge is 2.33. The van der Waals surface area contributed by atoms with Crippen molar-refractivity contribution in [3.8, 4) is 11.5 Å². The van der Waals surface area contributed by atoms with Crippen molar-refractivity contribution in [2.45, 2.75) is 37.0 Å². The molecule has 5 rings (SSSR count). The third-order valence-electron chi connectivity index (χ3n) is 6.79. The van der Waals surface area contributed by atoms with E-state index in [0.717, 1.165) is 25.4 Å². The number of piperidine rings is 1. The van der Waals surface area contributed by atoms with Gasteiger partial charge in [-0.1, -0.05) is 19.3 Å². The number of carbonyl (C=O) groups excluding carboxylic acids is 1. The van der Waals surface area contributed by atoms with Crippen LogP contribution < -0.4 is 14.2 Å². The van der Waals surface area contributed by atoms with Crippen molar-refractivity contribution in [3.05, 3.63) is 48.0 Å². The van der Waals surface area contributed by atoms with Gasteiger partial charge in [-0.3, -0.25) is 9.52 Å². The number of likely N-dealkylation sites (tertiary alicyclic amines) is 1. The van der Waals surface area contributed by atoms with Gasteiger partial charge in [-0.15, -0.1) is 0 Å². The fraction of sp³-hybridized carbons (Fsp3) is 0.458. The van der Waals surface area contributed by atoms with Gasteiger partial charge in [-0.2, -0.15) is 0 Å². The summed E-state index contributed by atoms with van der Waals surface area (Å²) >= 11 is 0. The minimum atomic E-state index is -3.79. The molecule has 8 heteroatoms. The molecule has 2 atom stereocenters. The summed E-state index contributed by atoms with van der Waals surface area (Å²) in [5.74, 6) is 2.37. The van der Waals surface area contributed by atoms with Crippen LogP contribution >= 0.6 is 0 Å². The molecule has 0 spiro atoms. The molecule has 2 aromatic rings. The smallest absolute Gasteiger partial charge is 0.262 e. The molecular formula is C24H28N2O5S. The minimum Gasteiger partial charge on any atom is -0.486 e. The first-order valence-electron chi connectivity index (χ1n) is 11.3. The average molecular weight is 457 g/mol. The third kappa shape index (κ3) is 4.28. The highest BCUT2D eigenvalue weighted by atomic mass is 32.2. The standard InChI is InChI=1S/C24H28N2O5S/c27-24(26-12-11-17-3-1-2-4-19(17)16-26)18-5-7-20(8-6-18)25-32(28,29)21-9-10-22-23(15-21)31-14-13-30-22/h5-10,15,17,19,25H,1-4,11-14,16H2/t17-,19-/m0/s1. The van der Waals surface area contributed by atoms with E-state index in [9.17, 15) is 13.2 Å². The van der Waals surface area contributed by atoms with E-state index >= 15 is 0 Å². The van der Waals surface area contributed by atoms with Crippen LogP contribution in [0.1, 0.15) is 42.5 Å². The molecule has 1 amide bonds. The molecule has 1 aliphatic carbocycles. The maximum absolute atomic E-state index is 13.0. The normalized spacial score (nSPS) is 22.7. The van der Waals surface area contributed by atoms with Gasteiger partial charge in [0, 0.05) is 30.4 Å². The molecule has 1 N–H and O–H groups in total. The van der Waals surface area contributed by atoms with E-state index in [1.54, 1.807) is 30.3 Å². The van der Waals surface area contributed by atoms with Gasteiger partial charge in [-0.25, -0.2) is 8.42 Å². The van der Waals surface area contributed by atoms with Crippen LogP contribution in [-0.2, 0) is 10.0 Å². The van der Waals surface area contributed by atoms with E-state index in [0.29, 0.717) is 41.9 Å². The summed E-state index contributed by atoms with van der Waals surface area (Å²) in [5, 5.41) is 0. The van der Waals surface area contributed by atoms with E-state index in [4.69, 9.17) is 9.47 Å². The average Bonchev–Trinajstić information content (AvgIpc) is 2.83. The summed E-state index contributed by atoms with van der Waals surface area (Å²) in [4.78, 5) is 15.0. The van der Waals surface area contributed by atoms with Crippen molar-refractivity contribution in [1.82, 2.24) is 4.90 Å². The number of sulfonamides is 1. The Morgan fingerprint density at radius 3 is 2.41 bits per heavy atom. The lowest BCUT2D eigenvalue weighted by Crippen LogP contribution is -2.44. The summed E-state index contributed by atoms with van der Waals surface area (Å²) < 4.78 is 39.1. The van der Waals surface area contributed by atoms with Gasteiger partial charge >= 0.3 is 0 Å². The summed E-state index contributed by atoms with van der Waals surface area (Å²) in [6.07, 6.45) is 6.18. The van der Waals surface area contributed by atoms with E-state index in [1.807, 2.05) is 4.90 Å². The van der Waals surface area contributed by atoms with Crippen LogP contribution in [0.2, 0.25) is 0 Å². The second-order valence-corrected chi connectivity index (χ2v) is 10.5. The van der Waals surface area contributed by atoms with Crippen LogP contribution in [0.15, 0.2) is 47.4 Å². The van der Waals surface area contributed by atoms with Crippen LogP contribution in [0.4, 0.5) is 5.69 Å². The molecule has 2 heterocycles. The second kappa shape index (κ2) is 8.65. The fourth-order valence-corrected chi connectivity index (χ4v) is 6.13. The highest BCUT2D eigenvalue weighted by Crippen LogP contribution is 2.36. The lowest BCUT2D eigenvalue weighted by Gasteiger charge is -2.41. The first-order valence-corrected chi connectivity index (χ1v) is 12.8. The largest absolute Gasteiger partial charge is 0.486 e. The Balaban J connectivity index is 1.26. The molecule has 2 aliphatic heterocycles. The number of ether oxygens (including phenoxy) is 2. The van der Waals surface area contributed by atoms with Crippen LogP contribution in [-0.4, -0.2) is 45.5 Å². The molecule has 0 aromatic heterocycles. The summed E-state index contributed by atoms with van der Waals surface area (Å²) in [6.45, 7) is 2.47. The van der Waals surface area contributed by atoms with E-state index in [1.165, 1.54) is 37.8 Å². The van der Waals surface area contributed by atoms with Crippen molar-refractivity contribution < 1.29 is 22.7 Å². The van der Waals surface area contributed by atoms with Gasteiger partial charge < -0.3 is 14.4 Å². The molecular weight excluding hydrogens is 428 g/mol. The summed E-state index contributed by atoms with van der Waals surface area (Å²) in [5.41, 5.74) is 0.990. The van der Waals surface area contributed by atoms with Crippen molar-refractivity contribution in [1.29, 1.82) is 0 Å². The first kappa shape index (κ1) is 21.1. The molecule has 0 radical (unpaired) electrons. The number of amides is 1. The zero-order valence-electron chi connectivity index (χ0n) is 18.0. The molecule has 1 saturated heterocycles. The molecule has 3 aliphatic rings. The van der Waals surface area contributed by atoms with Gasteiger partial charge in [0.15, 0.2) is 11.5 Å². The molecule has 0 unspecified atom stereocenters. The number of carbonyl (C=O) groups is 1. The van der Waals surface area contributed by atoms with Crippen molar-refractivity contribution in [2.24, 2.45) is 11.8 Å². The van der Waals surface area contributed by atoms with Crippen molar-refractivity contribution >= 4 is 21.6 Å². The predicted octanol–water partition coefficient (Wildman–Crippen LogP) is 3.91. The highest BCUT2D eigenvalue weighted by molar-refractivity contribution is 7.92. The SMILES string of the molecule is O=C(c1ccc(NS(=O)(=O)c2ccc3c(c2)OCCO3)cc1)N1CC[C@@H]2CCCC[C@H]2C1. The van der Waals surface area contributed by atoms with Crippen molar-refractivity contribution in [3.63, 3.8) is 0 Å². The molecule has 7 nitrogen and oxygen atoms in total. The van der Waals surface area contributed by atoms with Crippen LogP contribution in [0.5, 0.6) is 11.5 Å². The Labute approximate surface area is 188 Å².